The number of carbonyl (C=O) groups excluding carboxylic acids is 1. The van der Waals surface area contributed by atoms with Crippen molar-refractivity contribution < 1.29 is 4.79 Å². The van der Waals surface area contributed by atoms with E-state index in [0.717, 1.165) is 4.47 Å². The number of halogens is 2. The normalized spacial score (nSPS) is 10.1. The van der Waals surface area contributed by atoms with E-state index in [0.29, 0.717) is 5.69 Å². The number of nitrogens with one attached hydrogen (secondary N) is 1. The standard InChI is InChI=1S/C12H9BrClN3O/c13-7-3-1-2-4-9(7)16-12(18)11-8(14)5-6-10(15)17-11/h1-6H,(H2,15,17)(H,16,18). The summed E-state index contributed by atoms with van der Waals surface area (Å²) in [6.45, 7) is 0. The van der Waals surface area contributed by atoms with Crippen LogP contribution in [0.25, 0.3) is 0 Å². The number of anilines is 2. The summed E-state index contributed by atoms with van der Waals surface area (Å²) in [5, 5.41) is 2.96. The number of amides is 1. The zero-order chi connectivity index (χ0) is 13.1. The molecule has 3 N–H and O–H groups in total. The molecule has 0 saturated heterocycles. The van der Waals surface area contributed by atoms with Crippen LogP contribution in [-0.2, 0) is 0 Å². The Morgan fingerprint density at radius 2 is 2.00 bits per heavy atom. The van der Waals surface area contributed by atoms with Gasteiger partial charge in [-0.25, -0.2) is 4.98 Å². The molecule has 0 aliphatic carbocycles. The molecule has 0 unspecified atom stereocenters. The number of benzene rings is 1. The second-order valence-electron chi connectivity index (χ2n) is 3.50. The van der Waals surface area contributed by atoms with Crippen LogP contribution in [0.2, 0.25) is 5.02 Å². The molecular weight excluding hydrogens is 318 g/mol. The van der Waals surface area contributed by atoms with Crippen molar-refractivity contribution in [2.24, 2.45) is 0 Å². The monoisotopic (exact) mass is 325 g/mol. The topological polar surface area (TPSA) is 68.0 Å². The highest BCUT2D eigenvalue weighted by Gasteiger charge is 2.13. The van der Waals surface area contributed by atoms with Crippen molar-refractivity contribution >= 4 is 44.9 Å². The fourth-order valence-electron chi connectivity index (χ4n) is 1.36. The fraction of sp³-hybridized carbons (Fsp3) is 0. The van der Waals surface area contributed by atoms with Gasteiger partial charge in [-0.15, -0.1) is 0 Å². The molecule has 1 aromatic carbocycles. The summed E-state index contributed by atoms with van der Waals surface area (Å²) in [7, 11) is 0. The van der Waals surface area contributed by atoms with E-state index < -0.39 is 5.91 Å². The molecule has 0 aliphatic heterocycles. The lowest BCUT2D eigenvalue weighted by atomic mass is 10.3. The Morgan fingerprint density at radius 1 is 1.28 bits per heavy atom. The quantitative estimate of drug-likeness (QED) is 0.889. The van der Waals surface area contributed by atoms with Gasteiger partial charge in [-0.2, -0.15) is 0 Å². The zero-order valence-electron chi connectivity index (χ0n) is 9.15. The van der Waals surface area contributed by atoms with E-state index in [1.165, 1.54) is 6.07 Å². The number of para-hydroxylation sites is 1. The van der Waals surface area contributed by atoms with Gasteiger partial charge in [0.05, 0.1) is 10.7 Å². The van der Waals surface area contributed by atoms with Gasteiger partial charge in [0.25, 0.3) is 5.91 Å². The molecule has 0 spiro atoms. The number of nitrogen functional groups attached to an aromatic ring is 1. The third kappa shape index (κ3) is 2.80. The maximum atomic E-state index is 12.0. The summed E-state index contributed by atoms with van der Waals surface area (Å²) in [6, 6.07) is 10.3. The van der Waals surface area contributed by atoms with Gasteiger partial charge < -0.3 is 11.1 Å². The van der Waals surface area contributed by atoms with Crippen LogP contribution in [0.5, 0.6) is 0 Å². The highest BCUT2D eigenvalue weighted by Crippen LogP contribution is 2.23. The van der Waals surface area contributed by atoms with Crippen molar-refractivity contribution in [3.63, 3.8) is 0 Å². The summed E-state index contributed by atoms with van der Waals surface area (Å²) < 4.78 is 0.776. The number of pyridine rings is 1. The first-order chi connectivity index (χ1) is 8.58. The molecular formula is C12H9BrClN3O. The van der Waals surface area contributed by atoms with E-state index in [4.69, 9.17) is 17.3 Å². The van der Waals surface area contributed by atoms with Gasteiger partial charge in [0.2, 0.25) is 0 Å². The van der Waals surface area contributed by atoms with Crippen LogP contribution in [-0.4, -0.2) is 10.9 Å². The molecule has 0 fully saturated rings. The van der Waals surface area contributed by atoms with Crippen molar-refractivity contribution in [1.82, 2.24) is 4.98 Å². The SMILES string of the molecule is Nc1ccc(Cl)c(C(=O)Nc2ccccc2Br)n1. The van der Waals surface area contributed by atoms with E-state index in [2.05, 4.69) is 26.2 Å². The maximum Gasteiger partial charge on any atom is 0.275 e. The molecule has 18 heavy (non-hydrogen) atoms. The van der Waals surface area contributed by atoms with Crippen LogP contribution in [0.4, 0.5) is 11.5 Å². The second-order valence-corrected chi connectivity index (χ2v) is 4.76. The summed E-state index contributed by atoms with van der Waals surface area (Å²) in [6.07, 6.45) is 0. The van der Waals surface area contributed by atoms with Crippen molar-refractivity contribution in [3.05, 3.63) is 51.6 Å². The Hall–Kier alpha value is -1.59. The lowest BCUT2D eigenvalue weighted by Gasteiger charge is -2.08. The lowest BCUT2D eigenvalue weighted by Crippen LogP contribution is -2.15. The van der Waals surface area contributed by atoms with E-state index in [9.17, 15) is 4.79 Å². The molecule has 0 radical (unpaired) electrons. The smallest absolute Gasteiger partial charge is 0.275 e. The molecule has 2 rings (SSSR count). The first-order valence-corrected chi connectivity index (χ1v) is 6.23. The predicted octanol–water partition coefficient (Wildman–Crippen LogP) is 3.33. The predicted molar refractivity (Wildman–Crippen MR) is 75.8 cm³/mol. The number of rotatable bonds is 2. The average Bonchev–Trinajstić information content (AvgIpc) is 2.35. The van der Waals surface area contributed by atoms with Crippen LogP contribution in [0, 0.1) is 0 Å². The first kappa shape index (κ1) is 12.9. The number of hydrogen-bond donors (Lipinski definition) is 2. The molecule has 92 valence electrons. The third-order valence-corrected chi connectivity index (χ3v) is 3.20. The largest absolute Gasteiger partial charge is 0.384 e. The Balaban J connectivity index is 2.28. The van der Waals surface area contributed by atoms with Crippen LogP contribution in [0.15, 0.2) is 40.9 Å². The summed E-state index contributed by atoms with van der Waals surface area (Å²) in [5.41, 5.74) is 6.28. The molecule has 0 aliphatic rings. The minimum absolute atomic E-state index is 0.104. The first-order valence-electron chi connectivity index (χ1n) is 5.06. The van der Waals surface area contributed by atoms with Crippen molar-refractivity contribution in [1.29, 1.82) is 0 Å². The summed E-state index contributed by atoms with van der Waals surface area (Å²) in [4.78, 5) is 15.9. The Morgan fingerprint density at radius 3 is 2.72 bits per heavy atom. The average molecular weight is 327 g/mol. The van der Waals surface area contributed by atoms with Gasteiger partial charge in [0, 0.05) is 4.47 Å². The van der Waals surface area contributed by atoms with Gasteiger partial charge in [-0.05, 0) is 40.2 Å². The van der Waals surface area contributed by atoms with Crippen LogP contribution < -0.4 is 11.1 Å². The number of carbonyl (C=O) groups is 1. The molecule has 2 aromatic rings. The maximum absolute atomic E-state index is 12.0. The molecule has 1 heterocycles. The second kappa shape index (κ2) is 5.37. The van der Waals surface area contributed by atoms with Gasteiger partial charge in [0.1, 0.15) is 11.5 Å². The molecule has 0 saturated carbocycles. The van der Waals surface area contributed by atoms with E-state index in [-0.39, 0.29) is 16.5 Å². The van der Waals surface area contributed by atoms with Gasteiger partial charge >= 0.3 is 0 Å². The van der Waals surface area contributed by atoms with Gasteiger partial charge in [0.15, 0.2) is 0 Å². The van der Waals surface area contributed by atoms with Gasteiger partial charge in [-0.3, -0.25) is 4.79 Å². The molecule has 0 bridgehead atoms. The highest BCUT2D eigenvalue weighted by atomic mass is 79.9. The Kier molecular flexibility index (Phi) is 3.84. The minimum Gasteiger partial charge on any atom is -0.384 e. The molecule has 6 heteroatoms. The number of nitrogens with two attached hydrogens (primary N) is 1. The molecule has 1 amide bonds. The van der Waals surface area contributed by atoms with E-state index in [1.807, 2.05) is 18.2 Å². The Bertz CT molecular complexity index is 604. The van der Waals surface area contributed by atoms with E-state index in [1.54, 1.807) is 12.1 Å². The van der Waals surface area contributed by atoms with Crippen LogP contribution in [0.1, 0.15) is 10.5 Å². The van der Waals surface area contributed by atoms with Crippen molar-refractivity contribution in [2.45, 2.75) is 0 Å². The highest BCUT2D eigenvalue weighted by molar-refractivity contribution is 9.10. The number of hydrogen-bond acceptors (Lipinski definition) is 3. The van der Waals surface area contributed by atoms with Crippen LogP contribution >= 0.6 is 27.5 Å². The third-order valence-electron chi connectivity index (χ3n) is 2.20. The molecule has 4 nitrogen and oxygen atoms in total. The lowest BCUT2D eigenvalue weighted by molar-refractivity contribution is 0.102. The van der Waals surface area contributed by atoms with Gasteiger partial charge in [-0.1, -0.05) is 23.7 Å². The molecule has 0 atom stereocenters. The number of aromatic nitrogens is 1. The molecule has 1 aromatic heterocycles. The van der Waals surface area contributed by atoms with E-state index >= 15 is 0 Å². The van der Waals surface area contributed by atoms with Crippen LogP contribution in [0.3, 0.4) is 0 Å². The zero-order valence-corrected chi connectivity index (χ0v) is 11.5. The number of nitrogens with zero attached hydrogens (tertiary/aromatic N) is 1. The Labute approximate surface area is 117 Å². The minimum atomic E-state index is -0.404. The summed E-state index contributed by atoms with van der Waals surface area (Å²) in [5.74, 6) is -0.157. The van der Waals surface area contributed by atoms with Crippen molar-refractivity contribution in [3.8, 4) is 0 Å². The summed E-state index contributed by atoms with van der Waals surface area (Å²) >= 11 is 9.24. The fourth-order valence-corrected chi connectivity index (χ4v) is 1.94. The van der Waals surface area contributed by atoms with Crippen molar-refractivity contribution in [2.75, 3.05) is 11.1 Å².